The highest BCUT2D eigenvalue weighted by molar-refractivity contribution is 5.25. The number of fused-ring (bicyclic) bond motifs is 3. The molecule has 3 aliphatic carbocycles. The summed E-state index contributed by atoms with van der Waals surface area (Å²) < 4.78 is 5.48. The molecule has 1 nitrogen and oxygen atoms in total. The first-order valence-corrected chi connectivity index (χ1v) is 11.6. The maximum absolute atomic E-state index is 5.48. The van der Waals surface area contributed by atoms with Gasteiger partial charge < -0.3 is 4.42 Å². The predicted molar refractivity (Wildman–Crippen MR) is 117 cm³/mol. The van der Waals surface area contributed by atoms with Crippen LogP contribution in [0.1, 0.15) is 92.1 Å². The fraction of sp³-hybridized carbons (Fsp3) is 0.778. The third kappa shape index (κ3) is 2.66. The average molecular weight is 381 g/mol. The van der Waals surface area contributed by atoms with Gasteiger partial charge in [0.15, 0.2) is 0 Å². The largest absolute Gasteiger partial charge is 0.472 e. The van der Waals surface area contributed by atoms with Gasteiger partial charge in [-0.05, 0) is 104 Å². The minimum absolute atomic E-state index is 0.137. The highest BCUT2D eigenvalue weighted by Crippen LogP contribution is 2.72. The SMILES string of the molecule is CC#CC1(C)C[C@H](C)C(C)[C@@H]2[C@@]3(C)C[C@@H](c4ccoc4)C[C@H](C)[C@H]3CC[C@]21C. The van der Waals surface area contributed by atoms with Crippen LogP contribution in [-0.4, -0.2) is 0 Å². The molecule has 1 aromatic heterocycles. The third-order valence-corrected chi connectivity index (χ3v) is 10.1. The van der Waals surface area contributed by atoms with Crippen molar-refractivity contribution in [1.82, 2.24) is 0 Å². The molecule has 0 saturated heterocycles. The van der Waals surface area contributed by atoms with E-state index in [1.165, 1.54) is 37.7 Å². The molecule has 4 rings (SSSR count). The quantitative estimate of drug-likeness (QED) is 0.459. The van der Waals surface area contributed by atoms with Gasteiger partial charge >= 0.3 is 0 Å². The van der Waals surface area contributed by atoms with Crippen molar-refractivity contribution < 1.29 is 4.42 Å². The van der Waals surface area contributed by atoms with Crippen molar-refractivity contribution in [3.8, 4) is 11.8 Å². The molecule has 154 valence electrons. The topological polar surface area (TPSA) is 13.1 Å². The second-order valence-corrected chi connectivity index (χ2v) is 11.5. The number of rotatable bonds is 1. The first kappa shape index (κ1) is 20.1. The fourth-order valence-corrected chi connectivity index (χ4v) is 8.76. The lowest BCUT2D eigenvalue weighted by molar-refractivity contribution is -0.194. The van der Waals surface area contributed by atoms with Gasteiger partial charge in [-0.25, -0.2) is 0 Å². The Hall–Kier alpha value is -1.16. The van der Waals surface area contributed by atoms with E-state index >= 15 is 0 Å². The molecule has 9 atom stereocenters. The Kier molecular flexibility index (Phi) is 4.80. The van der Waals surface area contributed by atoms with Crippen LogP contribution in [0.15, 0.2) is 23.0 Å². The molecule has 0 bridgehead atoms. The second kappa shape index (κ2) is 6.68. The van der Waals surface area contributed by atoms with E-state index in [9.17, 15) is 0 Å². The maximum atomic E-state index is 5.48. The fourth-order valence-electron chi connectivity index (χ4n) is 8.76. The number of hydrogen-bond donors (Lipinski definition) is 0. The van der Waals surface area contributed by atoms with E-state index in [4.69, 9.17) is 4.42 Å². The zero-order valence-electron chi connectivity index (χ0n) is 19.1. The molecule has 2 unspecified atom stereocenters. The lowest BCUT2D eigenvalue weighted by Gasteiger charge is -2.69. The van der Waals surface area contributed by atoms with E-state index in [1.54, 1.807) is 0 Å². The summed E-state index contributed by atoms with van der Waals surface area (Å²) >= 11 is 0. The van der Waals surface area contributed by atoms with Crippen molar-refractivity contribution in [2.75, 3.05) is 0 Å². The van der Waals surface area contributed by atoms with Gasteiger partial charge in [-0.15, -0.1) is 5.92 Å². The molecule has 0 amide bonds. The molecule has 1 heterocycles. The van der Waals surface area contributed by atoms with Crippen LogP contribution in [0.5, 0.6) is 0 Å². The van der Waals surface area contributed by atoms with E-state index < -0.39 is 0 Å². The van der Waals surface area contributed by atoms with Gasteiger partial charge in [-0.1, -0.05) is 40.5 Å². The monoisotopic (exact) mass is 380 g/mol. The van der Waals surface area contributed by atoms with Gasteiger partial charge in [0, 0.05) is 5.41 Å². The molecule has 1 heteroatoms. The summed E-state index contributed by atoms with van der Waals surface area (Å²) in [5, 5.41) is 0. The standard InChI is InChI=1S/C27H40O/c1-8-11-25(5)15-19(3)20(4)24-26(6)16-22(21-10-13-28-17-21)14-18(2)23(26)9-12-27(24,25)7/h10,13,17-20,22-24H,9,12,14-16H2,1-7H3/t18-,19-,20?,22-,23+,24+,25?,26-,27+/m0/s1. The van der Waals surface area contributed by atoms with Crippen molar-refractivity contribution in [2.45, 2.75) is 86.5 Å². The molecular formula is C27H40O. The molecule has 0 radical (unpaired) electrons. The van der Waals surface area contributed by atoms with Crippen molar-refractivity contribution in [1.29, 1.82) is 0 Å². The average Bonchev–Trinajstić information content (AvgIpc) is 3.14. The Balaban J connectivity index is 1.81. The summed E-state index contributed by atoms with van der Waals surface area (Å²) in [4.78, 5) is 0. The Labute approximate surface area is 173 Å². The van der Waals surface area contributed by atoms with Crippen LogP contribution in [0.4, 0.5) is 0 Å². The van der Waals surface area contributed by atoms with Gasteiger partial charge in [0.1, 0.15) is 0 Å². The van der Waals surface area contributed by atoms with E-state index in [1.807, 2.05) is 19.5 Å². The molecular weight excluding hydrogens is 340 g/mol. The molecule has 1 aromatic rings. The third-order valence-electron chi connectivity index (χ3n) is 10.1. The molecule has 3 aliphatic rings. The first-order chi connectivity index (χ1) is 13.2. The van der Waals surface area contributed by atoms with Gasteiger partial charge in [0.25, 0.3) is 0 Å². The minimum Gasteiger partial charge on any atom is -0.472 e. The number of hydrogen-bond acceptors (Lipinski definition) is 1. The maximum Gasteiger partial charge on any atom is 0.0937 e. The van der Waals surface area contributed by atoms with Crippen LogP contribution < -0.4 is 0 Å². The predicted octanol–water partition coefficient (Wildman–Crippen LogP) is 7.54. The summed E-state index contributed by atoms with van der Waals surface area (Å²) in [6.45, 7) is 17.4. The van der Waals surface area contributed by atoms with E-state index in [2.05, 4.69) is 59.4 Å². The van der Waals surface area contributed by atoms with E-state index in [0.29, 0.717) is 16.7 Å². The normalized spacial score (nSPS) is 50.8. The van der Waals surface area contributed by atoms with E-state index in [0.717, 1.165) is 29.6 Å². The van der Waals surface area contributed by atoms with Gasteiger partial charge in [0.2, 0.25) is 0 Å². The van der Waals surface area contributed by atoms with Crippen LogP contribution >= 0.6 is 0 Å². The van der Waals surface area contributed by atoms with Crippen molar-refractivity contribution in [2.24, 2.45) is 45.8 Å². The Bertz CT molecular complexity index is 766. The molecule has 3 fully saturated rings. The summed E-state index contributed by atoms with van der Waals surface area (Å²) in [5.41, 5.74) is 2.26. The van der Waals surface area contributed by atoms with Gasteiger partial charge in [0.05, 0.1) is 12.5 Å². The van der Waals surface area contributed by atoms with Crippen LogP contribution in [0.25, 0.3) is 0 Å². The smallest absolute Gasteiger partial charge is 0.0937 e. The van der Waals surface area contributed by atoms with Crippen LogP contribution in [0.2, 0.25) is 0 Å². The van der Waals surface area contributed by atoms with Gasteiger partial charge in [-0.3, -0.25) is 0 Å². The molecule has 3 saturated carbocycles. The summed E-state index contributed by atoms with van der Waals surface area (Å²) in [7, 11) is 0. The Morgan fingerprint density at radius 3 is 2.46 bits per heavy atom. The van der Waals surface area contributed by atoms with Crippen molar-refractivity contribution in [3.05, 3.63) is 24.2 Å². The molecule has 0 aromatic carbocycles. The van der Waals surface area contributed by atoms with Crippen molar-refractivity contribution in [3.63, 3.8) is 0 Å². The lowest BCUT2D eigenvalue weighted by atomic mass is 9.35. The molecule has 0 N–H and O–H groups in total. The second-order valence-electron chi connectivity index (χ2n) is 11.5. The summed E-state index contributed by atoms with van der Waals surface area (Å²) in [5.74, 6) is 11.6. The van der Waals surface area contributed by atoms with E-state index in [-0.39, 0.29) is 5.41 Å². The van der Waals surface area contributed by atoms with Crippen molar-refractivity contribution >= 4 is 0 Å². The van der Waals surface area contributed by atoms with Gasteiger partial charge in [-0.2, -0.15) is 0 Å². The summed E-state index contributed by atoms with van der Waals surface area (Å²) in [6, 6.07) is 2.21. The highest BCUT2D eigenvalue weighted by atomic mass is 16.3. The summed E-state index contributed by atoms with van der Waals surface area (Å²) in [6.07, 6.45) is 10.5. The molecule has 28 heavy (non-hydrogen) atoms. The Morgan fingerprint density at radius 1 is 1.07 bits per heavy atom. The Morgan fingerprint density at radius 2 is 1.82 bits per heavy atom. The minimum atomic E-state index is 0.137. The first-order valence-electron chi connectivity index (χ1n) is 11.6. The zero-order chi connectivity index (χ0) is 20.3. The number of furan rings is 1. The zero-order valence-corrected chi connectivity index (χ0v) is 19.1. The molecule has 0 spiro atoms. The molecule has 0 aliphatic heterocycles. The van der Waals surface area contributed by atoms with Crippen LogP contribution in [0.3, 0.4) is 0 Å². The lowest BCUT2D eigenvalue weighted by Crippen LogP contribution is -2.63. The van der Waals surface area contributed by atoms with Crippen LogP contribution in [-0.2, 0) is 0 Å². The van der Waals surface area contributed by atoms with Crippen LogP contribution in [0, 0.1) is 57.7 Å². The highest BCUT2D eigenvalue weighted by Gasteiger charge is 2.65.